The van der Waals surface area contributed by atoms with E-state index in [0.29, 0.717) is 17.7 Å². The summed E-state index contributed by atoms with van der Waals surface area (Å²) in [4.78, 5) is 18.6. The van der Waals surface area contributed by atoms with Gasteiger partial charge >= 0.3 is 7.82 Å². The molecule has 56 heavy (non-hydrogen) atoms. The van der Waals surface area contributed by atoms with Crippen LogP contribution in [0.4, 0.5) is 5.82 Å². The van der Waals surface area contributed by atoms with Crippen LogP contribution in [0.1, 0.15) is 134 Å². The van der Waals surface area contributed by atoms with Crippen LogP contribution in [0.15, 0.2) is 36.8 Å². The third-order valence-electron chi connectivity index (χ3n) is 10.4. The van der Waals surface area contributed by atoms with Crippen molar-refractivity contribution in [2.24, 2.45) is 0 Å². The Morgan fingerprint density at radius 1 is 0.964 bits per heavy atom. The van der Waals surface area contributed by atoms with Crippen molar-refractivity contribution in [2.75, 3.05) is 38.8 Å². The Morgan fingerprint density at radius 3 is 2.21 bits per heavy atom. The zero-order chi connectivity index (χ0) is 40.3. The summed E-state index contributed by atoms with van der Waals surface area (Å²) in [5, 5.41) is 36.0. The zero-order valence-corrected chi connectivity index (χ0v) is 34.1. The van der Waals surface area contributed by atoms with Gasteiger partial charge in [0.05, 0.1) is 38.7 Å². The van der Waals surface area contributed by atoms with E-state index in [1.807, 2.05) is 6.07 Å². The molecule has 0 aliphatic carbocycles. The number of hydrogen-bond donors (Lipinski definition) is 4. The second-order valence-electron chi connectivity index (χ2n) is 15.1. The molecule has 3 aromatic rings. The molecule has 16 heteroatoms. The van der Waals surface area contributed by atoms with Gasteiger partial charge in [-0.3, -0.25) is 9.05 Å². The minimum absolute atomic E-state index is 0.105. The maximum atomic E-state index is 13.1. The molecular weight excluding hydrogens is 739 g/mol. The fourth-order valence-electron chi connectivity index (χ4n) is 6.88. The van der Waals surface area contributed by atoms with Gasteiger partial charge in [-0.2, -0.15) is 10.4 Å². The molecule has 1 aliphatic heterocycles. The summed E-state index contributed by atoms with van der Waals surface area (Å²) in [7, 11) is -4.70. The highest BCUT2D eigenvalue weighted by Gasteiger charge is 2.58. The molecule has 1 fully saturated rings. The van der Waals surface area contributed by atoms with E-state index in [4.69, 9.17) is 34.3 Å². The van der Waals surface area contributed by atoms with Gasteiger partial charge in [0.1, 0.15) is 41.4 Å². The second kappa shape index (κ2) is 23.4. The molecule has 5 atom stereocenters. The van der Waals surface area contributed by atoms with Gasteiger partial charge in [-0.15, -0.1) is 0 Å². The number of pyridine rings is 1. The van der Waals surface area contributed by atoms with Gasteiger partial charge in [0.2, 0.25) is 0 Å². The van der Waals surface area contributed by atoms with E-state index in [1.165, 1.54) is 107 Å². The Morgan fingerprint density at radius 2 is 1.61 bits per heavy atom. The van der Waals surface area contributed by atoms with Crippen molar-refractivity contribution >= 4 is 19.2 Å². The van der Waals surface area contributed by atoms with Crippen LogP contribution in [0.5, 0.6) is 0 Å². The van der Waals surface area contributed by atoms with Gasteiger partial charge < -0.3 is 35.1 Å². The highest BCUT2D eigenvalue weighted by atomic mass is 31.2. The van der Waals surface area contributed by atoms with Crippen LogP contribution in [0.2, 0.25) is 0 Å². The van der Waals surface area contributed by atoms with E-state index < -0.39 is 37.8 Å². The topological polar surface area (TPSA) is 217 Å². The van der Waals surface area contributed by atoms with Gasteiger partial charge in [0, 0.05) is 12.8 Å². The Bertz CT molecular complexity index is 1670. The number of anilines is 1. The molecular formula is C40H63N6O9P. The second-order valence-corrected chi connectivity index (χ2v) is 16.6. The Hall–Kier alpha value is -3.03. The van der Waals surface area contributed by atoms with Crippen LogP contribution in [0.25, 0.3) is 5.52 Å². The number of nitriles is 1. The first-order valence-corrected chi connectivity index (χ1v) is 21.8. The molecule has 0 spiro atoms. The van der Waals surface area contributed by atoms with Crippen molar-refractivity contribution in [3.8, 4) is 6.07 Å². The van der Waals surface area contributed by atoms with E-state index in [0.717, 1.165) is 19.3 Å². The fraction of sp³-hybridized carbons (Fsp3) is 0.700. The molecule has 0 amide bonds. The van der Waals surface area contributed by atoms with Crippen molar-refractivity contribution < 1.29 is 42.9 Å². The molecule has 0 bridgehead atoms. The smallest absolute Gasteiger partial charge is 0.386 e. The molecule has 0 radical (unpaired) electrons. The zero-order valence-electron chi connectivity index (χ0n) is 33.2. The van der Waals surface area contributed by atoms with Gasteiger partial charge in [-0.05, 0) is 37.1 Å². The largest absolute Gasteiger partial charge is 0.472 e. The number of ether oxygens (including phenoxy) is 3. The van der Waals surface area contributed by atoms with Crippen molar-refractivity contribution in [2.45, 2.75) is 147 Å². The van der Waals surface area contributed by atoms with E-state index in [-0.39, 0.29) is 43.6 Å². The van der Waals surface area contributed by atoms with Crippen LogP contribution in [-0.2, 0) is 40.0 Å². The number of aliphatic hydroxyl groups is 2. The first-order chi connectivity index (χ1) is 27.0. The predicted molar refractivity (Wildman–Crippen MR) is 211 cm³/mol. The van der Waals surface area contributed by atoms with E-state index >= 15 is 0 Å². The Kier molecular flexibility index (Phi) is 19.1. The molecule has 0 saturated carbocycles. The molecule has 312 valence electrons. The number of nitrogens with zero attached hydrogens (tertiary/aromatic N) is 5. The molecule has 15 nitrogen and oxygen atoms in total. The molecule has 1 aliphatic rings. The maximum Gasteiger partial charge on any atom is 0.472 e. The molecule has 4 heterocycles. The maximum absolute atomic E-state index is 13.1. The highest BCUT2D eigenvalue weighted by molar-refractivity contribution is 7.47. The van der Waals surface area contributed by atoms with Crippen LogP contribution in [0, 0.1) is 11.3 Å². The lowest BCUT2D eigenvalue weighted by molar-refractivity contribution is -0.101. The van der Waals surface area contributed by atoms with Crippen molar-refractivity contribution in [1.82, 2.24) is 19.6 Å². The van der Waals surface area contributed by atoms with Crippen LogP contribution in [-0.4, -0.2) is 85.5 Å². The summed E-state index contributed by atoms with van der Waals surface area (Å²) < 4.78 is 42.7. The lowest BCUT2D eigenvalue weighted by Crippen LogP contribution is -2.49. The van der Waals surface area contributed by atoms with E-state index in [9.17, 15) is 19.7 Å². The first-order valence-electron chi connectivity index (χ1n) is 20.3. The number of fused-ring (bicyclic) bond motifs is 1. The molecule has 5 N–H and O–H groups in total. The lowest BCUT2D eigenvalue weighted by atomic mass is 9.86. The van der Waals surface area contributed by atoms with Crippen molar-refractivity contribution in [3.63, 3.8) is 0 Å². The quantitative estimate of drug-likeness (QED) is 0.0414. The van der Waals surface area contributed by atoms with E-state index in [1.54, 1.807) is 24.3 Å². The number of unbranched alkanes of at least 4 members (excludes halogenated alkanes) is 15. The molecule has 1 saturated heterocycles. The van der Waals surface area contributed by atoms with Crippen LogP contribution >= 0.6 is 7.82 Å². The monoisotopic (exact) mass is 802 g/mol. The number of rotatable bonds is 29. The number of phosphoric acid groups is 1. The standard InChI is InChI=1S/C40H63N6O9P/c1-3-4-5-6-7-8-9-10-11-12-13-14-15-16-17-18-23-51-27-34(52-26-32-19-20-33(24-41)43-25-32)28-54-56(49,50)55-29-39(2)38(47)40(48,30-53-39)36-22-21-35-37(42)44-31-45-46(35)36/h19-22,25,31,34,38,47-48H,3-18,23,26-30H2,1-2H3,(H,49,50)(H2,42,44,45)/t34-,38+,39+,40?/m0/s1. The molecule has 0 aromatic carbocycles. The lowest BCUT2D eigenvalue weighted by Gasteiger charge is -2.32. The average molecular weight is 803 g/mol. The summed E-state index contributed by atoms with van der Waals surface area (Å²) in [6, 6.07) is 8.43. The number of phosphoric ester groups is 1. The number of hydrogen-bond acceptors (Lipinski definition) is 13. The summed E-state index contributed by atoms with van der Waals surface area (Å²) in [5.74, 6) is 0.189. The van der Waals surface area contributed by atoms with E-state index in [2.05, 4.69) is 22.0 Å². The summed E-state index contributed by atoms with van der Waals surface area (Å²) in [5.41, 5.74) is 4.02. The average Bonchev–Trinajstić information content (AvgIpc) is 3.74. The fourth-order valence-corrected chi connectivity index (χ4v) is 7.73. The SMILES string of the molecule is CCCCCCCCCCCCCCCCCCOC[C@@H](COP(=O)(O)OC[C@@]1(C)OCC(O)(c2ccc3c(N)ncnn23)[C@@H]1O)OCc1ccc(C#N)nc1. The number of aromatic nitrogens is 4. The van der Waals surface area contributed by atoms with Crippen LogP contribution < -0.4 is 5.73 Å². The molecule has 2 unspecified atom stereocenters. The summed E-state index contributed by atoms with van der Waals surface area (Å²) >= 11 is 0. The highest BCUT2D eigenvalue weighted by Crippen LogP contribution is 2.47. The minimum Gasteiger partial charge on any atom is -0.386 e. The summed E-state index contributed by atoms with van der Waals surface area (Å²) in [6.45, 7) is 3.17. The van der Waals surface area contributed by atoms with Crippen molar-refractivity contribution in [3.05, 3.63) is 53.7 Å². The number of nitrogen functional groups attached to an aromatic ring is 1. The number of aliphatic hydroxyl groups excluding tert-OH is 1. The Labute approximate surface area is 331 Å². The first kappa shape index (κ1) is 45.7. The van der Waals surface area contributed by atoms with Gasteiger partial charge in [-0.25, -0.2) is 19.0 Å². The number of nitrogens with two attached hydrogens (primary N) is 1. The third kappa shape index (κ3) is 14.1. The van der Waals surface area contributed by atoms with Crippen LogP contribution in [0.3, 0.4) is 0 Å². The third-order valence-corrected chi connectivity index (χ3v) is 11.3. The van der Waals surface area contributed by atoms with Gasteiger partial charge in [0.15, 0.2) is 11.4 Å². The van der Waals surface area contributed by atoms with Crippen molar-refractivity contribution in [1.29, 1.82) is 5.26 Å². The molecule has 3 aromatic heterocycles. The minimum atomic E-state index is -4.70. The normalized spacial score (nSPS) is 21.3. The summed E-state index contributed by atoms with van der Waals surface area (Å²) in [6.07, 6.45) is 20.9. The Balaban J connectivity index is 1.16. The van der Waals surface area contributed by atoms with Gasteiger partial charge in [-0.1, -0.05) is 109 Å². The van der Waals surface area contributed by atoms with Gasteiger partial charge in [0.25, 0.3) is 0 Å². The predicted octanol–water partition coefficient (Wildman–Crippen LogP) is 6.91. The molecule has 4 rings (SSSR count).